The highest BCUT2D eigenvalue weighted by molar-refractivity contribution is 5.61. The molecular weight excluding hydrogens is 350 g/mol. The maximum Gasteiger partial charge on any atom is 0.333 e. The van der Waals surface area contributed by atoms with Gasteiger partial charge in [-0.25, -0.2) is 4.68 Å². The van der Waals surface area contributed by atoms with E-state index in [1.54, 1.807) is 32.9 Å². The third kappa shape index (κ3) is 3.82. The fourth-order valence-electron chi connectivity index (χ4n) is 3.57. The van der Waals surface area contributed by atoms with Gasteiger partial charge in [-0.2, -0.15) is 5.10 Å². The predicted molar refractivity (Wildman–Crippen MR) is 102 cm³/mol. The van der Waals surface area contributed by atoms with Crippen LogP contribution in [-0.4, -0.2) is 60.0 Å². The molecule has 146 valence electrons. The number of nitro groups is 1. The highest BCUT2D eigenvalue weighted by atomic mass is 16.6. The van der Waals surface area contributed by atoms with Crippen LogP contribution in [0.3, 0.4) is 0 Å². The summed E-state index contributed by atoms with van der Waals surface area (Å²) in [5.74, 6) is 2.21. The molecule has 9 nitrogen and oxygen atoms in total. The lowest BCUT2D eigenvalue weighted by atomic mass is 10.1. The fraction of sp³-hybridized carbons (Fsp3) is 0.500. The first-order valence-corrected chi connectivity index (χ1v) is 8.80. The summed E-state index contributed by atoms with van der Waals surface area (Å²) >= 11 is 0. The molecule has 0 atom stereocenters. The summed E-state index contributed by atoms with van der Waals surface area (Å²) in [6.45, 7) is 5.40. The number of methoxy groups -OCH3 is 2. The van der Waals surface area contributed by atoms with Gasteiger partial charge in [0, 0.05) is 45.3 Å². The Hall–Kier alpha value is -2.81. The molecule has 0 saturated carbocycles. The monoisotopic (exact) mass is 375 g/mol. The molecule has 0 aliphatic carbocycles. The number of aryl methyl sites for hydroxylation is 2. The molecule has 3 rings (SSSR count). The zero-order valence-electron chi connectivity index (χ0n) is 16.1. The first-order chi connectivity index (χ1) is 12.9. The van der Waals surface area contributed by atoms with E-state index in [4.69, 9.17) is 9.47 Å². The van der Waals surface area contributed by atoms with Crippen LogP contribution in [0, 0.1) is 17.0 Å². The van der Waals surface area contributed by atoms with Crippen LogP contribution in [0.1, 0.15) is 11.3 Å². The van der Waals surface area contributed by atoms with E-state index in [9.17, 15) is 10.1 Å². The van der Waals surface area contributed by atoms with Crippen LogP contribution in [0.15, 0.2) is 18.2 Å². The normalized spacial score (nSPS) is 15.0. The second-order valence-electron chi connectivity index (χ2n) is 6.58. The summed E-state index contributed by atoms with van der Waals surface area (Å²) < 4.78 is 12.4. The Labute approximate surface area is 158 Å². The molecule has 1 saturated heterocycles. The van der Waals surface area contributed by atoms with E-state index >= 15 is 0 Å². The van der Waals surface area contributed by atoms with Gasteiger partial charge in [-0.15, -0.1) is 0 Å². The molecule has 2 aromatic rings. The summed E-state index contributed by atoms with van der Waals surface area (Å²) in [5, 5.41) is 15.6. The van der Waals surface area contributed by atoms with Gasteiger partial charge in [0.1, 0.15) is 17.2 Å². The average molecular weight is 375 g/mol. The number of piperazine rings is 1. The van der Waals surface area contributed by atoms with E-state index in [0.717, 1.165) is 36.7 Å². The first kappa shape index (κ1) is 19.0. The summed E-state index contributed by atoms with van der Waals surface area (Å²) in [5.41, 5.74) is 1.61. The van der Waals surface area contributed by atoms with Gasteiger partial charge in [0.15, 0.2) is 0 Å². The van der Waals surface area contributed by atoms with Gasteiger partial charge >= 0.3 is 5.69 Å². The number of rotatable bonds is 6. The highest BCUT2D eigenvalue weighted by Gasteiger charge is 2.30. The number of aromatic nitrogens is 2. The second kappa shape index (κ2) is 7.83. The molecule has 1 aromatic carbocycles. The van der Waals surface area contributed by atoms with E-state index in [1.165, 1.54) is 0 Å². The summed E-state index contributed by atoms with van der Waals surface area (Å²) in [4.78, 5) is 15.4. The van der Waals surface area contributed by atoms with Gasteiger partial charge < -0.3 is 14.4 Å². The lowest BCUT2D eigenvalue weighted by Crippen LogP contribution is -2.46. The van der Waals surface area contributed by atoms with E-state index < -0.39 is 0 Å². The van der Waals surface area contributed by atoms with E-state index in [-0.39, 0.29) is 10.6 Å². The number of hydrogen-bond donors (Lipinski definition) is 0. The Bertz CT molecular complexity index is 827. The summed E-state index contributed by atoms with van der Waals surface area (Å²) in [6.07, 6.45) is 0. The van der Waals surface area contributed by atoms with Crippen molar-refractivity contribution in [1.82, 2.24) is 14.7 Å². The third-order valence-corrected chi connectivity index (χ3v) is 4.90. The van der Waals surface area contributed by atoms with Crippen molar-refractivity contribution in [3.05, 3.63) is 39.6 Å². The van der Waals surface area contributed by atoms with Crippen molar-refractivity contribution in [1.29, 1.82) is 0 Å². The summed E-state index contributed by atoms with van der Waals surface area (Å²) in [6, 6.07) is 5.77. The minimum atomic E-state index is -0.342. The topological polar surface area (TPSA) is 85.9 Å². The van der Waals surface area contributed by atoms with Crippen molar-refractivity contribution >= 4 is 11.5 Å². The molecular formula is C18H25N5O4. The maximum atomic E-state index is 11.4. The second-order valence-corrected chi connectivity index (χ2v) is 6.58. The largest absolute Gasteiger partial charge is 0.497 e. The first-order valence-electron chi connectivity index (χ1n) is 8.80. The molecule has 9 heteroatoms. The number of ether oxygens (including phenoxy) is 2. The van der Waals surface area contributed by atoms with Gasteiger partial charge in [-0.05, 0) is 25.1 Å². The fourth-order valence-corrected chi connectivity index (χ4v) is 3.57. The molecule has 0 bridgehead atoms. The van der Waals surface area contributed by atoms with Crippen LogP contribution < -0.4 is 14.4 Å². The quantitative estimate of drug-likeness (QED) is 0.564. The highest BCUT2D eigenvalue weighted by Crippen LogP contribution is 2.32. The number of anilines is 1. The number of nitrogens with zero attached hydrogens (tertiary/aromatic N) is 5. The Morgan fingerprint density at radius 1 is 1.19 bits per heavy atom. The van der Waals surface area contributed by atoms with Crippen molar-refractivity contribution in [2.45, 2.75) is 13.5 Å². The van der Waals surface area contributed by atoms with Crippen molar-refractivity contribution in [2.24, 2.45) is 7.05 Å². The predicted octanol–water partition coefficient (Wildman–Crippen LogP) is 1.98. The number of benzene rings is 1. The molecule has 1 aromatic heterocycles. The van der Waals surface area contributed by atoms with Crippen molar-refractivity contribution in [3.8, 4) is 11.5 Å². The van der Waals surface area contributed by atoms with Gasteiger partial charge in [0.25, 0.3) is 0 Å². The number of hydrogen-bond acceptors (Lipinski definition) is 7. The molecule has 0 radical (unpaired) electrons. The molecule has 0 spiro atoms. The molecule has 27 heavy (non-hydrogen) atoms. The Kier molecular flexibility index (Phi) is 5.50. The van der Waals surface area contributed by atoms with Gasteiger partial charge in [-0.3, -0.25) is 15.0 Å². The lowest BCUT2D eigenvalue weighted by molar-refractivity contribution is -0.384. The molecule has 2 heterocycles. The smallest absolute Gasteiger partial charge is 0.333 e. The molecule has 0 N–H and O–H groups in total. The van der Waals surface area contributed by atoms with Crippen LogP contribution in [0.2, 0.25) is 0 Å². The maximum absolute atomic E-state index is 11.4. The van der Waals surface area contributed by atoms with E-state index in [1.807, 2.05) is 23.1 Å². The minimum absolute atomic E-state index is 0.0976. The zero-order valence-corrected chi connectivity index (χ0v) is 16.1. The van der Waals surface area contributed by atoms with E-state index in [2.05, 4.69) is 10.00 Å². The molecule has 1 aliphatic rings. The standard InChI is InChI=1S/C18H25N5O4/c1-13-17(23(24)25)18(20(2)19-13)22-9-7-21(8-10-22)12-14-11-15(26-3)5-6-16(14)27-4/h5-6,11H,7-10,12H2,1-4H3. The molecule has 0 amide bonds. The minimum Gasteiger partial charge on any atom is -0.497 e. The molecule has 1 fully saturated rings. The van der Waals surface area contributed by atoms with E-state index in [0.29, 0.717) is 24.6 Å². The van der Waals surface area contributed by atoms with Crippen LogP contribution in [-0.2, 0) is 13.6 Å². The Morgan fingerprint density at radius 3 is 2.48 bits per heavy atom. The van der Waals surface area contributed by atoms with Crippen LogP contribution in [0.4, 0.5) is 11.5 Å². The van der Waals surface area contributed by atoms with Crippen LogP contribution >= 0.6 is 0 Å². The van der Waals surface area contributed by atoms with Crippen LogP contribution in [0.5, 0.6) is 11.5 Å². The van der Waals surface area contributed by atoms with Crippen molar-refractivity contribution in [2.75, 3.05) is 45.3 Å². The third-order valence-electron chi connectivity index (χ3n) is 4.90. The molecule has 0 unspecified atom stereocenters. The van der Waals surface area contributed by atoms with Gasteiger partial charge in [0.2, 0.25) is 5.82 Å². The lowest BCUT2D eigenvalue weighted by Gasteiger charge is -2.35. The van der Waals surface area contributed by atoms with Gasteiger partial charge in [0.05, 0.1) is 19.1 Å². The zero-order chi connectivity index (χ0) is 19.6. The average Bonchev–Trinajstić information content (AvgIpc) is 2.96. The summed E-state index contributed by atoms with van der Waals surface area (Å²) in [7, 11) is 5.06. The van der Waals surface area contributed by atoms with Gasteiger partial charge in [-0.1, -0.05) is 0 Å². The van der Waals surface area contributed by atoms with Crippen molar-refractivity contribution in [3.63, 3.8) is 0 Å². The molecule has 1 aliphatic heterocycles. The van der Waals surface area contributed by atoms with Crippen molar-refractivity contribution < 1.29 is 14.4 Å². The Morgan fingerprint density at radius 2 is 1.89 bits per heavy atom. The SMILES string of the molecule is COc1ccc(OC)c(CN2CCN(c3c([N+](=O)[O-])c(C)nn3C)CC2)c1. The Balaban J connectivity index is 1.71. The van der Waals surface area contributed by atoms with Crippen LogP contribution in [0.25, 0.3) is 0 Å².